The van der Waals surface area contributed by atoms with Gasteiger partial charge in [0.1, 0.15) is 0 Å². The van der Waals surface area contributed by atoms with E-state index in [2.05, 4.69) is 22.0 Å². The molecule has 0 spiro atoms. The summed E-state index contributed by atoms with van der Waals surface area (Å²) in [6.07, 6.45) is -2.50. The van der Waals surface area contributed by atoms with Gasteiger partial charge in [-0.2, -0.15) is 13.2 Å². The largest absolute Gasteiger partial charge is 0.449 e. The van der Waals surface area contributed by atoms with Crippen LogP contribution in [0.2, 0.25) is 0 Å². The number of hydrogen-bond donors (Lipinski definition) is 0. The Bertz CT molecular complexity index is 902. The van der Waals surface area contributed by atoms with Crippen molar-refractivity contribution in [3.63, 3.8) is 0 Å². The van der Waals surface area contributed by atoms with Gasteiger partial charge in [0.25, 0.3) is 0 Å². The maximum Gasteiger partial charge on any atom is 0.449 e. The Labute approximate surface area is 156 Å². The molecule has 3 aromatic rings. The van der Waals surface area contributed by atoms with Gasteiger partial charge in [0, 0.05) is 19.6 Å². The minimum absolute atomic E-state index is 0.182. The summed E-state index contributed by atoms with van der Waals surface area (Å²) in [5.41, 5.74) is 2.20. The predicted molar refractivity (Wildman–Crippen MR) is 99.2 cm³/mol. The first-order chi connectivity index (χ1) is 13.0. The van der Waals surface area contributed by atoms with E-state index in [1.807, 2.05) is 18.2 Å². The van der Waals surface area contributed by atoms with Crippen LogP contribution in [-0.4, -0.2) is 27.5 Å². The number of hydrogen-bond acceptors (Lipinski definition) is 2. The molecule has 27 heavy (non-hydrogen) atoms. The summed E-state index contributed by atoms with van der Waals surface area (Å²) in [6.45, 7) is 2.98. The summed E-state index contributed by atoms with van der Waals surface area (Å²) in [7, 11) is 0. The van der Waals surface area contributed by atoms with E-state index in [-0.39, 0.29) is 5.92 Å². The molecule has 2 heterocycles. The minimum Gasteiger partial charge on any atom is -0.320 e. The number of imidazole rings is 1. The maximum absolute atomic E-state index is 13.5. The first-order valence-corrected chi connectivity index (χ1v) is 9.29. The fourth-order valence-electron chi connectivity index (χ4n) is 4.02. The van der Waals surface area contributed by atoms with Crippen molar-refractivity contribution in [3.8, 4) is 0 Å². The number of rotatable bonds is 4. The van der Waals surface area contributed by atoms with Crippen LogP contribution >= 0.6 is 0 Å². The molecule has 1 fully saturated rings. The van der Waals surface area contributed by atoms with Gasteiger partial charge in [-0.15, -0.1) is 0 Å². The van der Waals surface area contributed by atoms with Crippen molar-refractivity contribution >= 4 is 11.0 Å². The second kappa shape index (κ2) is 7.35. The Hall–Kier alpha value is -2.34. The molecule has 0 N–H and O–H groups in total. The smallest absolute Gasteiger partial charge is 0.320 e. The molecule has 1 aromatic heterocycles. The molecule has 6 heteroatoms. The van der Waals surface area contributed by atoms with Crippen molar-refractivity contribution in [2.24, 2.45) is 5.92 Å². The molecule has 3 nitrogen and oxygen atoms in total. The minimum atomic E-state index is -4.45. The van der Waals surface area contributed by atoms with E-state index < -0.39 is 12.0 Å². The molecule has 4 rings (SSSR count). The van der Waals surface area contributed by atoms with Crippen molar-refractivity contribution < 1.29 is 13.2 Å². The lowest BCUT2D eigenvalue weighted by molar-refractivity contribution is -0.147. The molecule has 1 aliphatic heterocycles. The van der Waals surface area contributed by atoms with Gasteiger partial charge in [-0.05, 0) is 43.0 Å². The van der Waals surface area contributed by atoms with E-state index >= 15 is 0 Å². The number of alkyl halides is 3. The Morgan fingerprint density at radius 1 is 1.00 bits per heavy atom. The van der Waals surface area contributed by atoms with Crippen molar-refractivity contribution in [2.45, 2.75) is 32.1 Å². The summed E-state index contributed by atoms with van der Waals surface area (Å²) < 4.78 is 41.9. The molecule has 142 valence electrons. The van der Waals surface area contributed by atoms with Gasteiger partial charge < -0.3 is 4.57 Å². The zero-order valence-corrected chi connectivity index (χ0v) is 15.0. The monoisotopic (exact) mass is 373 g/mol. The van der Waals surface area contributed by atoms with Gasteiger partial charge in [0.15, 0.2) is 0 Å². The highest BCUT2D eigenvalue weighted by Crippen LogP contribution is 2.33. The van der Waals surface area contributed by atoms with Gasteiger partial charge in [-0.25, -0.2) is 4.98 Å². The lowest BCUT2D eigenvalue weighted by atomic mass is 9.97. The number of likely N-dealkylation sites (tertiary alicyclic amines) is 1. The molecule has 0 aliphatic carbocycles. The molecule has 0 unspecified atom stereocenters. The third-order valence-electron chi connectivity index (χ3n) is 5.20. The number of halogens is 3. The lowest BCUT2D eigenvalue weighted by Crippen LogP contribution is -2.37. The standard InChI is InChI=1S/C21H22F3N3/c22-21(23,24)20-25-18-10-4-5-11-19(18)27(20)15-17-9-6-12-26(14-17)13-16-7-2-1-3-8-16/h1-5,7-8,10-11,17H,6,9,12-15H2/t17-/m0/s1. The fourth-order valence-corrected chi connectivity index (χ4v) is 4.02. The van der Waals surface area contributed by atoms with E-state index in [1.165, 1.54) is 10.1 Å². The molecule has 1 saturated heterocycles. The van der Waals surface area contributed by atoms with Gasteiger partial charge in [0.05, 0.1) is 11.0 Å². The number of nitrogens with zero attached hydrogens (tertiary/aromatic N) is 3. The second-order valence-corrected chi connectivity index (χ2v) is 7.26. The number of para-hydroxylation sites is 2. The van der Waals surface area contributed by atoms with Gasteiger partial charge in [-0.1, -0.05) is 42.5 Å². The van der Waals surface area contributed by atoms with E-state index in [9.17, 15) is 13.2 Å². The first-order valence-electron chi connectivity index (χ1n) is 9.29. The number of fused-ring (bicyclic) bond motifs is 1. The van der Waals surface area contributed by atoms with Crippen LogP contribution in [-0.2, 0) is 19.3 Å². The summed E-state index contributed by atoms with van der Waals surface area (Å²) in [6, 6.07) is 17.1. The molecule has 0 saturated carbocycles. The summed E-state index contributed by atoms with van der Waals surface area (Å²) in [5.74, 6) is -0.606. The van der Waals surface area contributed by atoms with Crippen molar-refractivity contribution in [1.82, 2.24) is 14.5 Å². The van der Waals surface area contributed by atoms with Crippen LogP contribution in [0.1, 0.15) is 24.2 Å². The summed E-state index contributed by atoms with van der Waals surface area (Å²) in [5, 5.41) is 0. The van der Waals surface area contributed by atoms with Crippen LogP contribution in [0.4, 0.5) is 13.2 Å². The van der Waals surface area contributed by atoms with Gasteiger partial charge in [-0.3, -0.25) is 4.90 Å². The zero-order chi connectivity index (χ0) is 18.9. The SMILES string of the molecule is FC(F)(F)c1nc2ccccc2n1C[C@H]1CCCN(Cc2ccccc2)C1. The molecule has 0 radical (unpaired) electrons. The average molecular weight is 373 g/mol. The normalized spacial score (nSPS) is 18.9. The number of benzene rings is 2. The van der Waals surface area contributed by atoms with Crippen molar-refractivity contribution in [2.75, 3.05) is 13.1 Å². The maximum atomic E-state index is 13.5. The first kappa shape index (κ1) is 18.0. The molecule has 0 bridgehead atoms. The van der Waals surface area contributed by atoms with Gasteiger partial charge >= 0.3 is 6.18 Å². The van der Waals surface area contributed by atoms with E-state index in [0.29, 0.717) is 17.6 Å². The zero-order valence-electron chi connectivity index (χ0n) is 15.0. The van der Waals surface area contributed by atoms with Crippen LogP contribution in [0.25, 0.3) is 11.0 Å². The van der Waals surface area contributed by atoms with Crippen LogP contribution in [0.15, 0.2) is 54.6 Å². The Morgan fingerprint density at radius 3 is 2.52 bits per heavy atom. The van der Waals surface area contributed by atoms with E-state index in [1.54, 1.807) is 24.3 Å². The Kier molecular flexibility index (Phi) is 4.91. The Balaban J connectivity index is 1.55. The van der Waals surface area contributed by atoms with Crippen molar-refractivity contribution in [3.05, 3.63) is 66.0 Å². The predicted octanol–water partition coefficient (Wildman–Crippen LogP) is 4.97. The number of aromatic nitrogens is 2. The second-order valence-electron chi connectivity index (χ2n) is 7.26. The summed E-state index contributed by atoms with van der Waals surface area (Å²) in [4.78, 5) is 6.20. The van der Waals surface area contributed by atoms with E-state index in [4.69, 9.17) is 0 Å². The fraction of sp³-hybridized carbons (Fsp3) is 0.381. The van der Waals surface area contributed by atoms with Crippen LogP contribution in [0, 0.1) is 5.92 Å². The quantitative estimate of drug-likeness (QED) is 0.644. The highest BCUT2D eigenvalue weighted by molar-refractivity contribution is 5.76. The third kappa shape index (κ3) is 4.00. The van der Waals surface area contributed by atoms with Crippen LogP contribution in [0.5, 0.6) is 0 Å². The average Bonchev–Trinajstić information content (AvgIpc) is 3.02. The molecule has 1 aliphatic rings. The highest BCUT2D eigenvalue weighted by atomic mass is 19.4. The molecular formula is C21H22F3N3. The molecular weight excluding hydrogens is 351 g/mol. The Morgan fingerprint density at radius 2 is 1.74 bits per heavy atom. The number of piperidine rings is 1. The molecule has 0 amide bonds. The molecule has 2 aromatic carbocycles. The van der Waals surface area contributed by atoms with Crippen LogP contribution in [0.3, 0.4) is 0 Å². The van der Waals surface area contributed by atoms with Gasteiger partial charge in [0.2, 0.25) is 5.82 Å². The molecule has 1 atom stereocenters. The highest BCUT2D eigenvalue weighted by Gasteiger charge is 2.38. The lowest BCUT2D eigenvalue weighted by Gasteiger charge is -2.33. The van der Waals surface area contributed by atoms with Crippen LogP contribution < -0.4 is 0 Å². The third-order valence-corrected chi connectivity index (χ3v) is 5.20. The van der Waals surface area contributed by atoms with E-state index in [0.717, 1.165) is 32.5 Å². The summed E-state index contributed by atoms with van der Waals surface area (Å²) >= 11 is 0. The topological polar surface area (TPSA) is 21.1 Å². The van der Waals surface area contributed by atoms with Crippen molar-refractivity contribution in [1.29, 1.82) is 0 Å².